The molecule has 0 unspecified atom stereocenters. The zero-order valence-electron chi connectivity index (χ0n) is 14.4. The largest absolute Gasteiger partial charge is 0.480 e. The molecule has 0 radical (unpaired) electrons. The Kier molecular flexibility index (Phi) is 4.43. The summed E-state index contributed by atoms with van der Waals surface area (Å²) < 4.78 is 4.26. The minimum atomic E-state index is -1.05. The summed E-state index contributed by atoms with van der Waals surface area (Å²) in [5, 5.41) is 11.7. The first-order valence-corrected chi connectivity index (χ1v) is 8.82. The summed E-state index contributed by atoms with van der Waals surface area (Å²) >= 11 is 1.36. The van der Waals surface area contributed by atoms with E-state index in [1.165, 1.54) is 47.9 Å². The number of hydrogen-bond acceptors (Lipinski definition) is 6. The fourth-order valence-electron chi connectivity index (χ4n) is 3.21. The highest BCUT2D eigenvalue weighted by atomic mass is 32.2. The number of carboxylic acids is 1. The Morgan fingerprint density at radius 3 is 2.38 bits per heavy atom. The lowest BCUT2D eigenvalue weighted by Crippen LogP contribution is -2.70. The number of hydrogen-bond donors (Lipinski definition) is 2. The van der Waals surface area contributed by atoms with Crippen molar-refractivity contribution in [2.45, 2.75) is 43.0 Å². The van der Waals surface area contributed by atoms with E-state index < -0.39 is 46.0 Å². The number of ether oxygens (including phenoxy) is 1. The minimum Gasteiger partial charge on any atom is -0.480 e. The smallest absolute Gasteiger partial charge is 0.327 e. The van der Waals surface area contributed by atoms with Crippen LogP contribution in [0.3, 0.4) is 0 Å². The maximum Gasteiger partial charge on any atom is 0.327 e. The number of carbonyl (C=O) groups excluding carboxylic acids is 3. The molecule has 3 atom stereocenters. The van der Waals surface area contributed by atoms with Gasteiger partial charge < -0.3 is 20.1 Å². The number of β-lactam (4-membered cyclic amide) rings is 1. The molecule has 1 aromatic rings. The molecule has 1 aromatic carbocycles. The Morgan fingerprint density at radius 2 is 1.85 bits per heavy atom. The van der Waals surface area contributed by atoms with Crippen LogP contribution in [0.1, 0.15) is 31.1 Å². The maximum absolute atomic E-state index is 12.4. The lowest BCUT2D eigenvalue weighted by atomic mass is 9.96. The van der Waals surface area contributed by atoms with Crippen LogP contribution < -0.4 is 10.1 Å². The van der Waals surface area contributed by atoms with Gasteiger partial charge in [0.05, 0.1) is 0 Å². The SMILES string of the molecule is CC(=O)Oc1ccc(C(=O)N[C@@H]2C(=O)N3[C@@H]2SC(C)(C)[C@@H]3C(=O)O)cc1. The van der Waals surface area contributed by atoms with Crippen LogP contribution in [-0.4, -0.2) is 56.0 Å². The van der Waals surface area contributed by atoms with E-state index in [1.807, 2.05) is 0 Å². The molecule has 2 saturated heterocycles. The first-order chi connectivity index (χ1) is 12.1. The molecular formula is C17H18N2O6S. The Balaban J connectivity index is 1.69. The molecule has 26 heavy (non-hydrogen) atoms. The Labute approximate surface area is 153 Å². The molecule has 0 aliphatic carbocycles. The van der Waals surface area contributed by atoms with Crippen molar-refractivity contribution in [1.82, 2.24) is 10.2 Å². The van der Waals surface area contributed by atoms with Gasteiger partial charge in [-0.3, -0.25) is 14.4 Å². The third kappa shape index (κ3) is 3.03. The van der Waals surface area contributed by atoms with Gasteiger partial charge in [0.25, 0.3) is 5.91 Å². The highest BCUT2D eigenvalue weighted by Gasteiger charge is 2.64. The highest BCUT2D eigenvalue weighted by Crippen LogP contribution is 2.50. The summed E-state index contributed by atoms with van der Waals surface area (Å²) in [6, 6.07) is 4.27. The molecule has 0 aromatic heterocycles. The van der Waals surface area contributed by atoms with Crippen molar-refractivity contribution in [2.75, 3.05) is 0 Å². The number of nitrogens with zero attached hydrogens (tertiary/aromatic N) is 1. The monoisotopic (exact) mass is 378 g/mol. The number of thioether (sulfide) groups is 1. The van der Waals surface area contributed by atoms with Crippen LogP contribution in [0.15, 0.2) is 24.3 Å². The molecule has 0 bridgehead atoms. The van der Waals surface area contributed by atoms with Crippen molar-refractivity contribution in [3.05, 3.63) is 29.8 Å². The fraction of sp³-hybridized carbons (Fsp3) is 0.412. The van der Waals surface area contributed by atoms with Crippen molar-refractivity contribution in [3.63, 3.8) is 0 Å². The number of esters is 1. The summed E-state index contributed by atoms with van der Waals surface area (Å²) in [7, 11) is 0. The van der Waals surface area contributed by atoms with Crippen LogP contribution in [0.4, 0.5) is 0 Å². The van der Waals surface area contributed by atoms with E-state index in [9.17, 15) is 24.3 Å². The van der Waals surface area contributed by atoms with Crippen LogP contribution >= 0.6 is 11.8 Å². The molecule has 2 fully saturated rings. The third-order valence-electron chi connectivity index (χ3n) is 4.34. The number of aliphatic carboxylic acids is 1. The van der Waals surface area contributed by atoms with Gasteiger partial charge in [-0.25, -0.2) is 4.79 Å². The Morgan fingerprint density at radius 1 is 1.23 bits per heavy atom. The summed E-state index contributed by atoms with van der Waals surface area (Å²) in [4.78, 5) is 48.4. The number of rotatable bonds is 4. The van der Waals surface area contributed by atoms with Gasteiger partial charge in [0, 0.05) is 17.2 Å². The number of carboxylic acid groups (broad SMARTS) is 1. The molecule has 8 nitrogen and oxygen atoms in total. The van der Waals surface area contributed by atoms with E-state index in [0.717, 1.165) is 0 Å². The van der Waals surface area contributed by atoms with Crippen molar-refractivity contribution < 1.29 is 29.0 Å². The van der Waals surface area contributed by atoms with Gasteiger partial charge in [-0.1, -0.05) is 0 Å². The van der Waals surface area contributed by atoms with Crippen LogP contribution in [0.25, 0.3) is 0 Å². The standard InChI is InChI=1S/C17H18N2O6S/c1-8(20)25-10-6-4-9(5-7-10)13(21)18-11-14(22)19-12(16(23)24)17(2,3)26-15(11)19/h4-7,11-12,15H,1-3H3,(H,18,21)(H,23,24)/t11-,12+,15-/m1/s1. The number of amides is 2. The average molecular weight is 378 g/mol. The van der Waals surface area contributed by atoms with Gasteiger partial charge in [-0.15, -0.1) is 11.8 Å². The number of benzene rings is 1. The molecule has 3 rings (SSSR count). The first kappa shape index (κ1) is 18.2. The van der Waals surface area contributed by atoms with Crippen LogP contribution in [0, 0.1) is 0 Å². The molecule has 2 N–H and O–H groups in total. The first-order valence-electron chi connectivity index (χ1n) is 7.94. The molecule has 9 heteroatoms. The number of fused-ring (bicyclic) bond motifs is 1. The zero-order chi connectivity index (χ0) is 19.2. The molecule has 0 saturated carbocycles. The average Bonchev–Trinajstić information content (AvgIpc) is 2.81. The predicted octanol–water partition coefficient (Wildman–Crippen LogP) is 0.857. The lowest BCUT2D eigenvalue weighted by molar-refractivity contribution is -0.159. The topological polar surface area (TPSA) is 113 Å². The predicted molar refractivity (Wildman–Crippen MR) is 92.7 cm³/mol. The van der Waals surface area contributed by atoms with Gasteiger partial charge >= 0.3 is 11.9 Å². The molecule has 2 amide bonds. The molecular weight excluding hydrogens is 360 g/mol. The van der Waals surface area contributed by atoms with Crippen molar-refractivity contribution in [1.29, 1.82) is 0 Å². The van der Waals surface area contributed by atoms with E-state index in [2.05, 4.69) is 5.32 Å². The van der Waals surface area contributed by atoms with Crippen molar-refractivity contribution in [3.8, 4) is 5.75 Å². The molecule has 2 aliphatic rings. The normalized spacial score (nSPS) is 25.9. The minimum absolute atomic E-state index is 0.309. The highest BCUT2D eigenvalue weighted by molar-refractivity contribution is 8.01. The lowest BCUT2D eigenvalue weighted by Gasteiger charge is -2.43. The van der Waals surface area contributed by atoms with Gasteiger partial charge in [-0.05, 0) is 38.1 Å². The zero-order valence-corrected chi connectivity index (χ0v) is 15.2. The fourth-order valence-corrected chi connectivity index (χ4v) is 4.84. The summed E-state index contributed by atoms with van der Waals surface area (Å²) in [6.45, 7) is 4.82. The number of carbonyl (C=O) groups is 4. The van der Waals surface area contributed by atoms with E-state index in [4.69, 9.17) is 4.74 Å². The van der Waals surface area contributed by atoms with Gasteiger partial charge in [-0.2, -0.15) is 0 Å². The van der Waals surface area contributed by atoms with Crippen molar-refractivity contribution >= 4 is 35.5 Å². The molecule has 0 spiro atoms. The van der Waals surface area contributed by atoms with Crippen LogP contribution in [-0.2, 0) is 14.4 Å². The second kappa shape index (κ2) is 6.31. The van der Waals surface area contributed by atoms with Gasteiger partial charge in [0.15, 0.2) is 0 Å². The third-order valence-corrected chi connectivity index (χ3v) is 5.91. The Hall–Kier alpha value is -2.55. The summed E-state index contributed by atoms with van der Waals surface area (Å²) in [5.41, 5.74) is 0.309. The Bertz CT molecular complexity index is 791. The summed E-state index contributed by atoms with van der Waals surface area (Å²) in [5.74, 6) is -2.04. The maximum atomic E-state index is 12.4. The van der Waals surface area contributed by atoms with E-state index >= 15 is 0 Å². The second-order valence-electron chi connectivity index (χ2n) is 6.67. The molecule has 138 valence electrons. The second-order valence-corrected chi connectivity index (χ2v) is 8.44. The van der Waals surface area contributed by atoms with Gasteiger partial charge in [0.1, 0.15) is 23.2 Å². The van der Waals surface area contributed by atoms with Crippen LogP contribution in [0.2, 0.25) is 0 Å². The van der Waals surface area contributed by atoms with E-state index in [-0.39, 0.29) is 0 Å². The van der Waals surface area contributed by atoms with Gasteiger partial charge in [0.2, 0.25) is 5.91 Å². The molecule has 2 aliphatic heterocycles. The molecule has 2 heterocycles. The summed E-state index contributed by atoms with van der Waals surface area (Å²) in [6.07, 6.45) is 0. The van der Waals surface area contributed by atoms with E-state index in [0.29, 0.717) is 11.3 Å². The number of nitrogens with one attached hydrogen (secondary N) is 1. The van der Waals surface area contributed by atoms with Crippen LogP contribution in [0.5, 0.6) is 5.75 Å². The van der Waals surface area contributed by atoms with E-state index in [1.54, 1.807) is 13.8 Å². The quantitative estimate of drug-likeness (QED) is 0.454. The van der Waals surface area contributed by atoms with Crippen molar-refractivity contribution in [2.24, 2.45) is 0 Å².